The molecule has 1 radical (unpaired) electrons. The summed E-state index contributed by atoms with van der Waals surface area (Å²) in [6.07, 6.45) is 0. The van der Waals surface area contributed by atoms with Crippen LogP contribution in [0.25, 0.3) is 16.5 Å². The maximum absolute atomic E-state index is 12.4. The van der Waals surface area contributed by atoms with E-state index in [0.29, 0.717) is 16.8 Å². The van der Waals surface area contributed by atoms with Gasteiger partial charge in [0.25, 0.3) is 5.69 Å². The number of hydrogen-bond acceptors (Lipinski definition) is 14. The summed E-state index contributed by atoms with van der Waals surface area (Å²) in [4.78, 5) is 9.11. The summed E-state index contributed by atoms with van der Waals surface area (Å²) >= 11 is 5.73. The van der Waals surface area contributed by atoms with Crippen LogP contribution in [0.1, 0.15) is 8.55 Å². The third-order valence-electron chi connectivity index (χ3n) is 6.79. The number of non-ortho nitro benzene ring substituents is 1. The molecular formula is C32H21ClCrN7O9S. The largest absolute Gasteiger partial charge is 3.00 e. The number of azo groups is 2. The number of nitro benzene ring substituents is 1. The van der Waals surface area contributed by atoms with Crippen LogP contribution in [0.5, 0.6) is 23.1 Å². The molecular weight excluding hydrogens is 746 g/mol. The molecule has 1 aromatic heterocycles. The van der Waals surface area contributed by atoms with Crippen LogP contribution in [-0.4, -0.2) is 27.7 Å². The Morgan fingerprint density at radius 3 is 2.10 bits per heavy atom. The van der Waals surface area contributed by atoms with Gasteiger partial charge in [-0.2, -0.15) is 20.4 Å². The summed E-state index contributed by atoms with van der Waals surface area (Å²) in [6, 6.07) is 23.6. The smallest absolute Gasteiger partial charge is 0.871 e. The summed E-state index contributed by atoms with van der Waals surface area (Å²) in [5.74, 6) is -2.58. The first kappa shape index (κ1) is 37.9. The minimum Gasteiger partial charge on any atom is -0.871 e. The van der Waals surface area contributed by atoms with E-state index in [1.165, 1.54) is 10.7 Å². The third-order valence-corrected chi connectivity index (χ3v) is 7.85. The fourth-order valence-electron chi connectivity index (χ4n) is 4.42. The van der Waals surface area contributed by atoms with Gasteiger partial charge in [-0.3, -0.25) is 10.1 Å². The number of fused-ring (bicyclic) bond motifs is 1. The molecule has 0 N–H and O–H groups in total. The molecule has 0 aliphatic rings. The van der Waals surface area contributed by atoms with Crippen molar-refractivity contribution in [3.8, 4) is 28.8 Å². The molecule has 0 aliphatic carbocycles. The Morgan fingerprint density at radius 1 is 0.784 bits per heavy atom. The van der Waals surface area contributed by atoms with Crippen molar-refractivity contribution >= 4 is 60.9 Å². The molecule has 0 aliphatic heterocycles. The summed E-state index contributed by atoms with van der Waals surface area (Å²) < 4.78 is 34.6. The molecule has 6 aromatic rings. The number of aryl methyl sites for hydroxylation is 1. The maximum Gasteiger partial charge on any atom is 3.00 e. The Balaban J connectivity index is 0.000000347. The Kier molecular flexibility index (Phi) is 11.7. The second kappa shape index (κ2) is 15.8. The second-order valence-electron chi connectivity index (χ2n) is 10.1. The molecule has 5 aromatic carbocycles. The quantitative estimate of drug-likeness (QED) is 0.0811. The number of rotatable bonds is 7. The average molecular weight is 767 g/mol. The second-order valence-corrected chi connectivity index (χ2v) is 11.9. The van der Waals surface area contributed by atoms with Gasteiger partial charge in [0, 0.05) is 28.4 Å². The molecule has 0 unspecified atom stereocenters. The van der Waals surface area contributed by atoms with Crippen molar-refractivity contribution in [3.63, 3.8) is 0 Å². The van der Waals surface area contributed by atoms with Gasteiger partial charge in [0.15, 0.2) is 0 Å². The van der Waals surface area contributed by atoms with Gasteiger partial charge >= 0.3 is 20.2 Å². The number of para-hydroxylation sites is 1. The van der Waals surface area contributed by atoms with E-state index in [1.807, 2.05) is 6.07 Å². The molecule has 0 saturated heterocycles. The van der Waals surface area contributed by atoms with Crippen LogP contribution < -0.4 is 20.4 Å². The van der Waals surface area contributed by atoms with Gasteiger partial charge < -0.3 is 25.0 Å². The van der Waals surface area contributed by atoms with Crippen LogP contribution >= 0.6 is 11.6 Å². The number of nitro groups is 1. The van der Waals surface area contributed by atoms with Crippen molar-refractivity contribution in [2.24, 2.45) is 20.5 Å². The molecule has 0 atom stereocenters. The molecule has 51 heavy (non-hydrogen) atoms. The maximum atomic E-state index is 12.4. The van der Waals surface area contributed by atoms with E-state index in [0.717, 1.165) is 35.7 Å². The number of hydrogen-bond donors (Lipinski definition) is 0. The fourth-order valence-corrected chi connectivity index (χ4v) is 5.30. The third kappa shape index (κ3) is 8.64. The predicted molar refractivity (Wildman–Crippen MR) is 173 cm³/mol. The molecule has 0 amide bonds. The number of benzene rings is 5. The monoisotopic (exact) mass is 766 g/mol. The van der Waals surface area contributed by atoms with Gasteiger partial charge in [-0.1, -0.05) is 89.5 Å². The summed E-state index contributed by atoms with van der Waals surface area (Å²) in [5.41, 5.74) is -0.103. The first-order chi connectivity index (χ1) is 23.7. The van der Waals surface area contributed by atoms with Crippen LogP contribution in [0.3, 0.4) is 0 Å². The van der Waals surface area contributed by atoms with Crippen molar-refractivity contribution in [1.29, 1.82) is 0 Å². The van der Waals surface area contributed by atoms with Crippen LogP contribution in [0.15, 0.2) is 122 Å². The van der Waals surface area contributed by atoms with Crippen LogP contribution in [-0.2, 0) is 27.5 Å². The van der Waals surface area contributed by atoms with Crippen molar-refractivity contribution in [2.45, 2.75) is 11.8 Å². The van der Waals surface area contributed by atoms with E-state index in [1.54, 1.807) is 61.5 Å². The van der Waals surface area contributed by atoms with Crippen molar-refractivity contribution < 1.29 is 58.5 Å². The Labute approximate surface area is 307 Å². The van der Waals surface area contributed by atoms with Gasteiger partial charge in [-0.15, -0.1) is 5.11 Å². The summed E-state index contributed by atoms with van der Waals surface area (Å²) in [7, 11) is -5.01. The van der Waals surface area contributed by atoms with Gasteiger partial charge in [-0.05, 0) is 36.6 Å². The summed E-state index contributed by atoms with van der Waals surface area (Å²) in [5, 5.41) is 79.2. The molecule has 0 spiro atoms. The van der Waals surface area contributed by atoms with E-state index < -0.39 is 48.8 Å². The molecule has 257 valence electrons. The average Bonchev–Trinajstić information content (AvgIpc) is 3.37. The van der Waals surface area contributed by atoms with Gasteiger partial charge in [0.1, 0.15) is 15.8 Å². The van der Waals surface area contributed by atoms with Crippen LogP contribution in [0.2, 0.25) is 5.02 Å². The number of nitrogens with zero attached hydrogens (tertiary/aromatic N) is 7. The molecule has 6 rings (SSSR count). The topological polar surface area (TPSA) is 260 Å². The molecule has 0 saturated carbocycles. The van der Waals surface area contributed by atoms with Crippen molar-refractivity contribution in [3.05, 3.63) is 118 Å². The standard InChI is InChI=1S/C16H11ClN2O5S.C16H13N5O4.Cr/c17-10-7-12(16(21)14(8-10)25(22,23)24)18-19-15-11-4-2-1-3-9(11)5-6-13(15)20;1-10-15(16(23)20(19-10)11-5-3-2-4-6-11)18-17-13-9-12(21(24)25)7-8-14(13)22;/h1-8,20-21H,(H,22,23,24);2-9,22-23H,1H3;/q;;+3/p-3. The predicted octanol–water partition coefficient (Wildman–Crippen LogP) is 5.83. The zero-order valence-electron chi connectivity index (χ0n) is 27.7. The zero-order chi connectivity index (χ0) is 36.2. The Bertz CT molecular complexity index is 2440. The van der Waals surface area contributed by atoms with Crippen molar-refractivity contribution in [1.82, 2.24) is 9.78 Å². The first-order valence-corrected chi connectivity index (χ1v) is 15.8. The normalized spacial score (nSPS) is 11.4. The zero-order valence-corrected chi connectivity index (χ0v) is 28.6. The van der Waals surface area contributed by atoms with Gasteiger partial charge in [0.2, 0.25) is 0 Å². The van der Waals surface area contributed by atoms with E-state index in [4.69, 9.17) is 11.6 Å². The number of halogens is 1. The Morgan fingerprint density at radius 2 is 1.41 bits per heavy atom. The van der Waals surface area contributed by atoms with E-state index in [2.05, 4.69) is 25.6 Å². The minimum absolute atomic E-state index is 0. The van der Waals surface area contributed by atoms with Crippen LogP contribution in [0.4, 0.5) is 28.4 Å². The number of aromatic nitrogens is 2. The van der Waals surface area contributed by atoms with E-state index in [9.17, 15) is 43.5 Å². The molecule has 16 nitrogen and oxygen atoms in total. The van der Waals surface area contributed by atoms with Gasteiger partial charge in [0.05, 0.1) is 38.3 Å². The molecule has 19 heteroatoms. The molecule has 0 bridgehead atoms. The first-order valence-electron chi connectivity index (χ1n) is 14.0. The summed E-state index contributed by atoms with van der Waals surface area (Å²) in [6.45, 7) is 1.58. The van der Waals surface area contributed by atoms with Gasteiger partial charge in [-0.25, -0.2) is 13.1 Å². The van der Waals surface area contributed by atoms with E-state index >= 15 is 0 Å². The SMILES string of the molecule is Cc1nn(-c2ccccc2)c([O-])c1N=Nc1cc([N+](=O)[O-])ccc1[O-].O=S(=O)([O-])c1cc(Cl)cc(N=Nc2c([O-])ccc3ccccc23)c1[O-].[Cr+3].[H+].[H+]. The molecule has 0 fully saturated rings. The van der Waals surface area contributed by atoms with Crippen molar-refractivity contribution in [2.75, 3.05) is 0 Å². The Hall–Kier alpha value is -5.90. The van der Waals surface area contributed by atoms with E-state index in [-0.39, 0.29) is 48.0 Å². The minimum atomic E-state index is -5.01. The van der Waals surface area contributed by atoms with Crippen LogP contribution in [0, 0.1) is 17.0 Å². The molecule has 1 heterocycles. The fraction of sp³-hybridized carbons (Fsp3) is 0.0312.